The molecule has 1 amide bonds. The molecule has 0 unspecified atom stereocenters. The minimum atomic E-state index is -1.10. The van der Waals surface area contributed by atoms with Gasteiger partial charge in [0.25, 0.3) is 5.91 Å². The van der Waals surface area contributed by atoms with Gasteiger partial charge >= 0.3 is 5.97 Å². The summed E-state index contributed by atoms with van der Waals surface area (Å²) in [6.45, 7) is 3.27. The fraction of sp³-hybridized carbons (Fsp3) is 0.364. The number of hydrogen-bond donors (Lipinski definition) is 2. The fourth-order valence-electron chi connectivity index (χ4n) is 5.74. The number of carboxylic acids is 1. The Morgan fingerprint density at radius 2 is 1.93 bits per heavy atom. The van der Waals surface area contributed by atoms with Gasteiger partial charge in [-0.3, -0.25) is 14.5 Å². The Kier molecular flexibility index (Phi) is 9.00. The van der Waals surface area contributed by atoms with E-state index < -0.39 is 24.2 Å². The molecule has 12 heteroatoms. The van der Waals surface area contributed by atoms with E-state index in [1.54, 1.807) is 36.4 Å². The summed E-state index contributed by atoms with van der Waals surface area (Å²) in [5, 5.41) is 20.3. The Balaban J connectivity index is 1.10. The molecule has 2 aliphatic rings. The van der Waals surface area contributed by atoms with Crippen molar-refractivity contribution in [1.29, 1.82) is 5.26 Å². The van der Waals surface area contributed by atoms with Crippen LogP contribution in [0.1, 0.15) is 58.2 Å². The number of carbonyl (C=O) groups excluding carboxylic acids is 1. The van der Waals surface area contributed by atoms with Gasteiger partial charge < -0.3 is 24.5 Å². The SMILES string of the molecule is N#Cc1ccc(COc2cccc(C3CCN(Cc4nc5ccc(C(=O)NCC(=O)O)cc5n4C[C@@H]4CCO4)CC3)n2)c(F)c1. The van der Waals surface area contributed by atoms with E-state index in [0.717, 1.165) is 61.5 Å². The maximum absolute atomic E-state index is 14.3. The lowest BCUT2D eigenvalue weighted by molar-refractivity contribution is -0.135. The number of piperidine rings is 1. The highest BCUT2D eigenvalue weighted by atomic mass is 19.1. The number of ether oxygens (including phenoxy) is 2. The van der Waals surface area contributed by atoms with E-state index in [1.165, 1.54) is 6.07 Å². The van der Waals surface area contributed by atoms with E-state index in [0.29, 0.717) is 30.1 Å². The van der Waals surface area contributed by atoms with Crippen molar-refractivity contribution in [1.82, 2.24) is 24.8 Å². The van der Waals surface area contributed by atoms with Crippen LogP contribution < -0.4 is 10.1 Å². The van der Waals surface area contributed by atoms with E-state index in [9.17, 15) is 14.0 Å². The van der Waals surface area contributed by atoms with Gasteiger partial charge in [0.05, 0.1) is 41.9 Å². The average molecular weight is 613 g/mol. The molecule has 2 saturated heterocycles. The van der Waals surface area contributed by atoms with Crippen LogP contribution in [0.2, 0.25) is 0 Å². The number of likely N-dealkylation sites (tertiary alicyclic amines) is 1. The van der Waals surface area contributed by atoms with Gasteiger partial charge in [0.15, 0.2) is 0 Å². The second kappa shape index (κ2) is 13.4. The van der Waals surface area contributed by atoms with Crippen LogP contribution in [0.3, 0.4) is 0 Å². The standard InChI is InChI=1S/C33H33FN6O5/c34-26-14-21(16-35)4-5-24(26)20-45-31-3-1-2-27(38-31)22-8-11-39(12-9-22)19-30-37-28-7-6-23(33(43)36-17-32(41)42)15-29(28)40(30)18-25-10-13-44-25/h1-7,14-15,22,25H,8-13,17-20H2,(H,36,43)(H,41,42)/t25-/m0/s1. The molecule has 4 heterocycles. The zero-order valence-electron chi connectivity index (χ0n) is 24.6. The smallest absolute Gasteiger partial charge is 0.322 e. The Labute approximate surface area is 259 Å². The summed E-state index contributed by atoms with van der Waals surface area (Å²) in [4.78, 5) is 35.4. The van der Waals surface area contributed by atoms with E-state index >= 15 is 0 Å². The van der Waals surface area contributed by atoms with Gasteiger partial charge in [0.1, 0.15) is 24.8 Å². The molecule has 2 aromatic carbocycles. The number of hydrogen-bond acceptors (Lipinski definition) is 8. The molecular formula is C33H33FN6O5. The van der Waals surface area contributed by atoms with E-state index in [4.69, 9.17) is 29.8 Å². The minimum Gasteiger partial charge on any atom is -0.480 e. The van der Waals surface area contributed by atoms with Gasteiger partial charge in [-0.25, -0.2) is 14.4 Å². The van der Waals surface area contributed by atoms with Crippen molar-refractivity contribution in [3.8, 4) is 11.9 Å². The number of amides is 1. The van der Waals surface area contributed by atoms with E-state index in [1.807, 2.05) is 18.2 Å². The first kappa shape index (κ1) is 30.2. The summed E-state index contributed by atoms with van der Waals surface area (Å²) in [5.74, 6) is -0.443. The third-order valence-corrected chi connectivity index (χ3v) is 8.34. The number of imidazole rings is 1. The predicted octanol–water partition coefficient (Wildman–Crippen LogP) is 4.00. The summed E-state index contributed by atoms with van der Waals surface area (Å²) in [6.07, 6.45) is 2.85. The van der Waals surface area contributed by atoms with Gasteiger partial charge in [-0.15, -0.1) is 0 Å². The van der Waals surface area contributed by atoms with Crippen molar-refractivity contribution in [2.24, 2.45) is 0 Å². The molecule has 2 fully saturated rings. The lowest BCUT2D eigenvalue weighted by atomic mass is 9.93. The highest BCUT2D eigenvalue weighted by Crippen LogP contribution is 2.30. The Bertz CT molecular complexity index is 1760. The molecule has 0 bridgehead atoms. The molecular weight excluding hydrogens is 579 g/mol. The predicted molar refractivity (Wildman–Crippen MR) is 161 cm³/mol. The van der Waals surface area contributed by atoms with Crippen molar-refractivity contribution in [2.75, 3.05) is 26.2 Å². The van der Waals surface area contributed by atoms with Crippen LogP contribution >= 0.6 is 0 Å². The first-order chi connectivity index (χ1) is 21.9. The highest BCUT2D eigenvalue weighted by molar-refractivity contribution is 5.98. The second-order valence-electron chi connectivity index (χ2n) is 11.4. The molecule has 232 valence electrons. The molecule has 0 spiro atoms. The van der Waals surface area contributed by atoms with Gasteiger partial charge in [-0.2, -0.15) is 5.26 Å². The van der Waals surface area contributed by atoms with Crippen LogP contribution in [0.5, 0.6) is 5.88 Å². The summed E-state index contributed by atoms with van der Waals surface area (Å²) in [6, 6.07) is 17.1. The van der Waals surface area contributed by atoms with Crippen molar-refractivity contribution in [3.05, 3.63) is 88.6 Å². The average Bonchev–Trinajstić information content (AvgIpc) is 3.37. The number of pyridine rings is 1. The van der Waals surface area contributed by atoms with Crippen molar-refractivity contribution >= 4 is 22.9 Å². The van der Waals surface area contributed by atoms with Crippen LogP contribution in [-0.4, -0.2) is 68.8 Å². The third-order valence-electron chi connectivity index (χ3n) is 8.34. The molecule has 11 nitrogen and oxygen atoms in total. The maximum Gasteiger partial charge on any atom is 0.322 e. The highest BCUT2D eigenvalue weighted by Gasteiger charge is 2.26. The molecule has 0 saturated carbocycles. The lowest BCUT2D eigenvalue weighted by Crippen LogP contribution is -2.35. The monoisotopic (exact) mass is 612 g/mol. The summed E-state index contributed by atoms with van der Waals surface area (Å²) in [5.41, 5.74) is 3.54. The lowest BCUT2D eigenvalue weighted by Gasteiger charge is -2.32. The van der Waals surface area contributed by atoms with Crippen LogP contribution in [0.4, 0.5) is 4.39 Å². The van der Waals surface area contributed by atoms with E-state index in [2.05, 4.69) is 14.8 Å². The number of halogens is 1. The van der Waals surface area contributed by atoms with Crippen molar-refractivity contribution < 1.29 is 28.6 Å². The van der Waals surface area contributed by atoms with Crippen LogP contribution in [0.25, 0.3) is 11.0 Å². The van der Waals surface area contributed by atoms with Gasteiger partial charge in [-0.1, -0.05) is 12.1 Å². The zero-order chi connectivity index (χ0) is 31.3. The molecule has 2 aromatic heterocycles. The number of benzene rings is 2. The molecule has 45 heavy (non-hydrogen) atoms. The normalized spacial score (nSPS) is 17.0. The van der Waals surface area contributed by atoms with Crippen LogP contribution in [0, 0.1) is 17.1 Å². The van der Waals surface area contributed by atoms with Crippen LogP contribution in [0.15, 0.2) is 54.6 Å². The molecule has 1 atom stereocenters. The Morgan fingerprint density at radius 3 is 2.64 bits per heavy atom. The second-order valence-corrected chi connectivity index (χ2v) is 11.4. The van der Waals surface area contributed by atoms with Crippen molar-refractivity contribution in [2.45, 2.75) is 51.0 Å². The largest absolute Gasteiger partial charge is 0.480 e. The third kappa shape index (κ3) is 7.11. The van der Waals surface area contributed by atoms with Gasteiger partial charge in [0.2, 0.25) is 5.88 Å². The number of carbonyl (C=O) groups is 2. The number of fused-ring (bicyclic) bond motifs is 1. The molecule has 6 rings (SSSR count). The van der Waals surface area contributed by atoms with Crippen LogP contribution in [-0.2, 0) is 29.2 Å². The van der Waals surface area contributed by atoms with E-state index in [-0.39, 0.29) is 24.2 Å². The molecule has 0 radical (unpaired) electrons. The molecule has 2 aliphatic heterocycles. The van der Waals surface area contributed by atoms with Crippen molar-refractivity contribution in [3.63, 3.8) is 0 Å². The maximum atomic E-state index is 14.3. The zero-order valence-corrected chi connectivity index (χ0v) is 24.6. The first-order valence-corrected chi connectivity index (χ1v) is 15.0. The molecule has 4 aromatic rings. The first-order valence-electron chi connectivity index (χ1n) is 15.0. The number of nitrogens with one attached hydrogen (secondary N) is 1. The summed E-state index contributed by atoms with van der Waals surface area (Å²) >= 11 is 0. The van der Waals surface area contributed by atoms with Gasteiger partial charge in [-0.05, 0) is 68.8 Å². The summed E-state index contributed by atoms with van der Waals surface area (Å²) in [7, 11) is 0. The topological polar surface area (TPSA) is 143 Å². The molecule has 0 aliphatic carbocycles. The quantitative estimate of drug-likeness (QED) is 0.257. The minimum absolute atomic E-state index is 0.0217. The van der Waals surface area contributed by atoms with Gasteiger partial charge in [0, 0.05) is 35.4 Å². The number of rotatable bonds is 11. The fourth-order valence-corrected chi connectivity index (χ4v) is 5.74. The summed E-state index contributed by atoms with van der Waals surface area (Å²) < 4.78 is 27.9. The Hall–Kier alpha value is -4.86. The Morgan fingerprint density at radius 1 is 1.11 bits per heavy atom. The number of nitriles is 1. The number of aromatic nitrogens is 3. The molecule has 2 N–H and O–H groups in total. The number of nitrogens with zero attached hydrogens (tertiary/aromatic N) is 5. The number of aliphatic carboxylic acids is 1. The number of carboxylic acid groups (broad SMARTS) is 1.